The summed E-state index contributed by atoms with van der Waals surface area (Å²) >= 11 is 0. The summed E-state index contributed by atoms with van der Waals surface area (Å²) in [5, 5.41) is 6.39. The highest BCUT2D eigenvalue weighted by Crippen LogP contribution is 2.18. The molecule has 0 spiro atoms. The van der Waals surface area contributed by atoms with E-state index in [2.05, 4.69) is 15.5 Å². The SMILES string of the molecule is COc1ccc(CC(=O)Nc2noc(-c3ccccc3)n2)cc1. The number of hydrogen-bond donors (Lipinski definition) is 1. The van der Waals surface area contributed by atoms with Crippen molar-refractivity contribution in [2.24, 2.45) is 0 Å². The van der Waals surface area contributed by atoms with Crippen LogP contribution in [-0.4, -0.2) is 23.2 Å². The van der Waals surface area contributed by atoms with E-state index in [9.17, 15) is 4.79 Å². The maximum Gasteiger partial charge on any atom is 0.270 e. The predicted molar refractivity (Wildman–Crippen MR) is 85.1 cm³/mol. The molecule has 3 rings (SSSR count). The average Bonchev–Trinajstić information content (AvgIpc) is 3.04. The Balaban J connectivity index is 1.63. The lowest BCUT2D eigenvalue weighted by Gasteiger charge is -2.03. The fraction of sp³-hybridized carbons (Fsp3) is 0.118. The largest absolute Gasteiger partial charge is 0.497 e. The van der Waals surface area contributed by atoms with Gasteiger partial charge in [0.2, 0.25) is 5.91 Å². The third-order valence-electron chi connectivity index (χ3n) is 3.22. The molecule has 0 aliphatic rings. The molecule has 1 heterocycles. The predicted octanol–water partition coefficient (Wildman–Crippen LogP) is 2.93. The summed E-state index contributed by atoms with van der Waals surface area (Å²) in [5.41, 5.74) is 1.67. The van der Waals surface area contributed by atoms with Crippen LogP contribution < -0.4 is 10.1 Å². The van der Waals surface area contributed by atoms with Gasteiger partial charge in [-0.3, -0.25) is 10.1 Å². The maximum atomic E-state index is 12.0. The summed E-state index contributed by atoms with van der Waals surface area (Å²) in [7, 11) is 1.60. The Morgan fingerprint density at radius 2 is 1.87 bits per heavy atom. The van der Waals surface area contributed by atoms with Gasteiger partial charge in [0.05, 0.1) is 13.5 Å². The first-order valence-corrected chi connectivity index (χ1v) is 7.06. The number of amides is 1. The monoisotopic (exact) mass is 309 g/mol. The molecule has 1 N–H and O–H groups in total. The third kappa shape index (κ3) is 3.74. The Morgan fingerprint density at radius 3 is 2.57 bits per heavy atom. The number of carbonyl (C=O) groups excluding carboxylic acids is 1. The topological polar surface area (TPSA) is 77.2 Å². The van der Waals surface area contributed by atoms with E-state index in [1.807, 2.05) is 54.6 Å². The Bertz CT molecular complexity index is 782. The van der Waals surface area contributed by atoms with E-state index in [0.717, 1.165) is 16.9 Å². The molecule has 0 aliphatic heterocycles. The van der Waals surface area contributed by atoms with Crippen molar-refractivity contribution in [1.82, 2.24) is 10.1 Å². The molecule has 6 nitrogen and oxygen atoms in total. The Labute approximate surface area is 133 Å². The van der Waals surface area contributed by atoms with Crippen LogP contribution in [0.2, 0.25) is 0 Å². The molecule has 0 radical (unpaired) electrons. The molecule has 1 aromatic heterocycles. The van der Waals surface area contributed by atoms with Gasteiger partial charge in [-0.25, -0.2) is 0 Å². The number of rotatable bonds is 5. The van der Waals surface area contributed by atoms with Crippen molar-refractivity contribution < 1.29 is 14.1 Å². The molecule has 0 aliphatic carbocycles. The van der Waals surface area contributed by atoms with E-state index < -0.39 is 0 Å². The minimum atomic E-state index is -0.212. The highest BCUT2D eigenvalue weighted by Gasteiger charge is 2.11. The number of nitrogens with one attached hydrogen (secondary N) is 1. The van der Waals surface area contributed by atoms with Crippen LogP contribution in [0.15, 0.2) is 59.1 Å². The van der Waals surface area contributed by atoms with Crippen LogP contribution in [-0.2, 0) is 11.2 Å². The van der Waals surface area contributed by atoms with Gasteiger partial charge in [-0.05, 0) is 35.0 Å². The van der Waals surface area contributed by atoms with Gasteiger partial charge in [0.15, 0.2) is 0 Å². The van der Waals surface area contributed by atoms with E-state index in [0.29, 0.717) is 5.89 Å². The number of carbonyl (C=O) groups is 1. The standard InChI is InChI=1S/C17H15N3O3/c1-22-14-9-7-12(8-10-14)11-15(21)18-17-19-16(23-20-17)13-5-3-2-4-6-13/h2-10H,11H2,1H3,(H,18,20,21). The van der Waals surface area contributed by atoms with Gasteiger partial charge in [-0.1, -0.05) is 30.3 Å². The van der Waals surface area contributed by atoms with Gasteiger partial charge in [-0.15, -0.1) is 0 Å². The van der Waals surface area contributed by atoms with Gasteiger partial charge < -0.3 is 9.26 Å². The fourth-order valence-electron chi connectivity index (χ4n) is 2.07. The number of methoxy groups -OCH3 is 1. The van der Waals surface area contributed by atoms with Crippen molar-refractivity contribution in [2.45, 2.75) is 6.42 Å². The average molecular weight is 309 g/mol. The van der Waals surface area contributed by atoms with Gasteiger partial charge in [0.1, 0.15) is 5.75 Å². The third-order valence-corrected chi connectivity index (χ3v) is 3.22. The summed E-state index contributed by atoms with van der Waals surface area (Å²) in [6.07, 6.45) is 0.221. The number of ether oxygens (including phenoxy) is 1. The summed E-state index contributed by atoms with van der Waals surface area (Å²) in [6, 6.07) is 16.7. The van der Waals surface area contributed by atoms with Crippen LogP contribution >= 0.6 is 0 Å². The first-order chi connectivity index (χ1) is 11.2. The molecule has 6 heteroatoms. The zero-order valence-corrected chi connectivity index (χ0v) is 12.5. The number of nitrogens with zero attached hydrogens (tertiary/aromatic N) is 2. The van der Waals surface area contributed by atoms with E-state index in [-0.39, 0.29) is 18.3 Å². The smallest absolute Gasteiger partial charge is 0.270 e. The zero-order valence-electron chi connectivity index (χ0n) is 12.5. The van der Waals surface area contributed by atoms with Crippen molar-refractivity contribution in [3.8, 4) is 17.2 Å². The molecule has 1 amide bonds. The highest BCUT2D eigenvalue weighted by atomic mass is 16.5. The van der Waals surface area contributed by atoms with Crippen LogP contribution in [0.3, 0.4) is 0 Å². The van der Waals surface area contributed by atoms with E-state index in [1.165, 1.54) is 0 Å². The molecule has 0 fully saturated rings. The Morgan fingerprint density at radius 1 is 1.13 bits per heavy atom. The number of aromatic nitrogens is 2. The van der Waals surface area contributed by atoms with Crippen molar-refractivity contribution in [3.05, 3.63) is 60.2 Å². The molecular weight excluding hydrogens is 294 g/mol. The van der Waals surface area contributed by atoms with E-state index in [4.69, 9.17) is 9.26 Å². The summed E-state index contributed by atoms with van der Waals surface area (Å²) in [4.78, 5) is 16.2. The number of hydrogen-bond acceptors (Lipinski definition) is 5. The van der Waals surface area contributed by atoms with Crippen LogP contribution in [0, 0.1) is 0 Å². The quantitative estimate of drug-likeness (QED) is 0.784. The molecule has 0 atom stereocenters. The minimum absolute atomic E-state index is 0.155. The molecule has 23 heavy (non-hydrogen) atoms. The van der Waals surface area contributed by atoms with Gasteiger partial charge >= 0.3 is 0 Å². The van der Waals surface area contributed by atoms with E-state index in [1.54, 1.807) is 7.11 Å². The fourth-order valence-corrected chi connectivity index (χ4v) is 2.07. The number of anilines is 1. The van der Waals surface area contributed by atoms with Crippen molar-refractivity contribution in [1.29, 1.82) is 0 Å². The zero-order chi connectivity index (χ0) is 16.1. The van der Waals surface area contributed by atoms with Crippen molar-refractivity contribution >= 4 is 11.9 Å². The second-order valence-corrected chi connectivity index (χ2v) is 4.86. The second kappa shape index (κ2) is 6.74. The number of benzene rings is 2. The van der Waals surface area contributed by atoms with Crippen LogP contribution in [0.5, 0.6) is 5.75 Å². The van der Waals surface area contributed by atoms with Crippen molar-refractivity contribution in [3.63, 3.8) is 0 Å². The molecule has 3 aromatic rings. The molecule has 2 aromatic carbocycles. The van der Waals surface area contributed by atoms with Crippen molar-refractivity contribution in [2.75, 3.05) is 12.4 Å². The Hall–Kier alpha value is -3.15. The molecular formula is C17H15N3O3. The highest BCUT2D eigenvalue weighted by molar-refractivity contribution is 5.90. The first-order valence-electron chi connectivity index (χ1n) is 7.06. The molecule has 0 saturated carbocycles. The lowest BCUT2D eigenvalue weighted by atomic mass is 10.1. The molecule has 0 bridgehead atoms. The van der Waals surface area contributed by atoms with Crippen LogP contribution in [0.25, 0.3) is 11.5 Å². The molecule has 0 saturated heterocycles. The Kier molecular flexibility index (Phi) is 4.33. The van der Waals surface area contributed by atoms with Gasteiger partial charge in [0.25, 0.3) is 11.8 Å². The van der Waals surface area contributed by atoms with Gasteiger partial charge in [-0.2, -0.15) is 4.98 Å². The summed E-state index contributed by atoms with van der Waals surface area (Å²) in [6.45, 7) is 0. The lowest BCUT2D eigenvalue weighted by Crippen LogP contribution is -2.15. The van der Waals surface area contributed by atoms with Crippen LogP contribution in [0.1, 0.15) is 5.56 Å². The lowest BCUT2D eigenvalue weighted by molar-refractivity contribution is -0.115. The first kappa shape index (κ1) is 14.8. The second-order valence-electron chi connectivity index (χ2n) is 4.86. The van der Waals surface area contributed by atoms with E-state index >= 15 is 0 Å². The summed E-state index contributed by atoms with van der Waals surface area (Å²) < 4.78 is 10.2. The summed E-state index contributed by atoms with van der Waals surface area (Å²) in [5.74, 6) is 1.06. The van der Waals surface area contributed by atoms with Gasteiger partial charge in [0, 0.05) is 5.56 Å². The molecule has 0 unspecified atom stereocenters. The normalized spacial score (nSPS) is 10.3. The minimum Gasteiger partial charge on any atom is -0.497 e. The molecule has 116 valence electrons. The maximum absolute atomic E-state index is 12.0. The van der Waals surface area contributed by atoms with Crippen LogP contribution in [0.4, 0.5) is 5.95 Å².